The highest BCUT2D eigenvalue weighted by Gasteiger charge is 2.34. The van der Waals surface area contributed by atoms with Gasteiger partial charge in [-0.25, -0.2) is 4.39 Å². The number of rotatable bonds is 10. The Hall–Kier alpha value is -2.94. The molecule has 190 valence electrons. The molecule has 1 aliphatic rings. The summed E-state index contributed by atoms with van der Waals surface area (Å²) in [5, 5.41) is 2.64. The first-order valence-corrected chi connectivity index (χ1v) is 13.0. The molecule has 0 saturated heterocycles. The van der Waals surface area contributed by atoms with Crippen molar-refractivity contribution in [1.82, 2.24) is 9.80 Å². The molecular weight excluding hydrogens is 503 g/mol. The third-order valence-corrected chi connectivity index (χ3v) is 7.38. The van der Waals surface area contributed by atoms with Crippen molar-refractivity contribution in [2.24, 2.45) is 0 Å². The molecule has 0 saturated carbocycles. The summed E-state index contributed by atoms with van der Waals surface area (Å²) in [7, 11) is 1.58. The fraction of sp³-hybridized carbons (Fsp3) is 0.333. The van der Waals surface area contributed by atoms with Crippen molar-refractivity contribution in [2.75, 3.05) is 40.0 Å². The van der Waals surface area contributed by atoms with Crippen LogP contribution < -0.4 is 4.74 Å². The lowest BCUT2D eigenvalue weighted by Crippen LogP contribution is -2.48. The van der Waals surface area contributed by atoms with Crippen LogP contribution in [0.25, 0.3) is 0 Å². The minimum Gasteiger partial charge on any atom is -0.491 e. The Kier molecular flexibility index (Phi) is 8.96. The van der Waals surface area contributed by atoms with Gasteiger partial charge < -0.3 is 19.3 Å². The standard InChI is InChI=1S/C27H28ClFN2O4S/c1-34-15-4-13-30(27(33)21-5-2-3-6-23(21)29)17-26(32)31-14-11-25-22(12-16-36-25)24(31)18-35-20-9-7-19(28)8-10-20/h2-3,5-10,12,16,24H,4,11,13-15,17-18H2,1H3. The number of hydrogen-bond acceptors (Lipinski definition) is 5. The third kappa shape index (κ3) is 6.24. The first kappa shape index (κ1) is 26.1. The topological polar surface area (TPSA) is 59.1 Å². The lowest BCUT2D eigenvalue weighted by Gasteiger charge is -2.37. The maximum Gasteiger partial charge on any atom is 0.257 e. The van der Waals surface area contributed by atoms with Crippen molar-refractivity contribution in [3.05, 3.63) is 86.8 Å². The number of carbonyl (C=O) groups excluding carboxylic acids is 2. The lowest BCUT2D eigenvalue weighted by molar-refractivity contribution is -0.135. The number of thiophene rings is 1. The van der Waals surface area contributed by atoms with Gasteiger partial charge in [-0.2, -0.15) is 0 Å². The van der Waals surface area contributed by atoms with Gasteiger partial charge in [0.15, 0.2) is 0 Å². The summed E-state index contributed by atoms with van der Waals surface area (Å²) in [5.41, 5.74) is 1.00. The number of carbonyl (C=O) groups is 2. The van der Waals surface area contributed by atoms with Gasteiger partial charge in [-0.05, 0) is 66.2 Å². The minimum absolute atomic E-state index is 0.0518. The summed E-state index contributed by atoms with van der Waals surface area (Å²) >= 11 is 7.65. The van der Waals surface area contributed by atoms with E-state index >= 15 is 0 Å². The molecule has 1 atom stereocenters. The van der Waals surface area contributed by atoms with Crippen molar-refractivity contribution in [1.29, 1.82) is 0 Å². The van der Waals surface area contributed by atoms with E-state index in [9.17, 15) is 14.0 Å². The predicted molar refractivity (Wildman–Crippen MR) is 138 cm³/mol. The second-order valence-electron chi connectivity index (χ2n) is 8.47. The number of amides is 2. The van der Waals surface area contributed by atoms with E-state index in [4.69, 9.17) is 21.1 Å². The molecule has 2 heterocycles. The summed E-state index contributed by atoms with van der Waals surface area (Å²) < 4.78 is 25.5. The smallest absolute Gasteiger partial charge is 0.257 e. The fourth-order valence-electron chi connectivity index (χ4n) is 4.29. The van der Waals surface area contributed by atoms with Crippen LogP contribution in [0.15, 0.2) is 60.0 Å². The Morgan fingerprint density at radius 2 is 1.94 bits per heavy atom. The molecule has 2 amide bonds. The molecule has 2 aromatic carbocycles. The predicted octanol–water partition coefficient (Wildman–Crippen LogP) is 5.22. The quantitative estimate of drug-likeness (QED) is 0.337. The molecule has 0 aliphatic carbocycles. The van der Waals surface area contributed by atoms with E-state index in [1.54, 1.807) is 53.7 Å². The molecule has 0 fully saturated rings. The van der Waals surface area contributed by atoms with Gasteiger partial charge in [0.25, 0.3) is 5.91 Å². The number of halogens is 2. The van der Waals surface area contributed by atoms with E-state index in [1.807, 2.05) is 11.4 Å². The Balaban J connectivity index is 1.52. The molecule has 1 unspecified atom stereocenters. The normalized spacial score (nSPS) is 14.9. The van der Waals surface area contributed by atoms with Gasteiger partial charge in [-0.3, -0.25) is 9.59 Å². The highest BCUT2D eigenvalue weighted by atomic mass is 35.5. The van der Waals surface area contributed by atoms with Crippen LogP contribution in [0, 0.1) is 5.82 Å². The second kappa shape index (κ2) is 12.3. The minimum atomic E-state index is -0.609. The van der Waals surface area contributed by atoms with Gasteiger partial charge in [0, 0.05) is 36.7 Å². The number of ether oxygens (including phenoxy) is 2. The second-order valence-corrected chi connectivity index (χ2v) is 9.91. The number of hydrogen-bond donors (Lipinski definition) is 0. The first-order chi connectivity index (χ1) is 17.5. The zero-order valence-corrected chi connectivity index (χ0v) is 21.6. The zero-order chi connectivity index (χ0) is 25.5. The van der Waals surface area contributed by atoms with Crippen molar-refractivity contribution < 1.29 is 23.5 Å². The van der Waals surface area contributed by atoms with E-state index in [0.29, 0.717) is 30.3 Å². The molecule has 0 spiro atoms. The lowest BCUT2D eigenvalue weighted by atomic mass is 10.0. The molecular formula is C27H28ClFN2O4S. The highest BCUT2D eigenvalue weighted by Crippen LogP contribution is 2.34. The molecule has 36 heavy (non-hydrogen) atoms. The van der Waals surface area contributed by atoms with E-state index in [2.05, 4.69) is 0 Å². The summed E-state index contributed by atoms with van der Waals surface area (Å²) in [6.45, 7) is 1.32. The van der Waals surface area contributed by atoms with Crippen LogP contribution in [-0.4, -0.2) is 61.6 Å². The fourth-order valence-corrected chi connectivity index (χ4v) is 5.35. The van der Waals surface area contributed by atoms with Gasteiger partial charge >= 0.3 is 0 Å². The molecule has 1 aliphatic heterocycles. The van der Waals surface area contributed by atoms with Gasteiger partial charge in [-0.15, -0.1) is 11.3 Å². The molecule has 6 nitrogen and oxygen atoms in total. The van der Waals surface area contributed by atoms with Crippen LogP contribution in [0.1, 0.15) is 33.3 Å². The Labute approximate surface area is 219 Å². The SMILES string of the molecule is COCCCN(CC(=O)N1CCc2sccc2C1COc1ccc(Cl)cc1)C(=O)c1ccccc1F. The zero-order valence-electron chi connectivity index (χ0n) is 20.0. The van der Waals surface area contributed by atoms with E-state index in [-0.39, 0.29) is 37.2 Å². The average Bonchev–Trinajstić information content (AvgIpc) is 3.37. The van der Waals surface area contributed by atoms with Gasteiger partial charge in [0.1, 0.15) is 24.7 Å². The number of benzene rings is 2. The van der Waals surface area contributed by atoms with Crippen LogP contribution in [-0.2, 0) is 16.0 Å². The van der Waals surface area contributed by atoms with Gasteiger partial charge in [-0.1, -0.05) is 23.7 Å². The summed E-state index contributed by atoms with van der Waals surface area (Å²) in [4.78, 5) is 31.2. The van der Waals surface area contributed by atoms with Crippen LogP contribution >= 0.6 is 22.9 Å². The molecule has 0 bridgehead atoms. The molecule has 0 N–H and O–H groups in total. The van der Waals surface area contributed by atoms with Crippen LogP contribution in [0.2, 0.25) is 5.02 Å². The Morgan fingerprint density at radius 1 is 1.17 bits per heavy atom. The average molecular weight is 531 g/mol. The molecule has 9 heteroatoms. The summed E-state index contributed by atoms with van der Waals surface area (Å²) in [6, 6.07) is 14.6. The van der Waals surface area contributed by atoms with E-state index in [1.165, 1.54) is 28.0 Å². The van der Waals surface area contributed by atoms with Gasteiger partial charge in [0.05, 0.1) is 11.6 Å². The maximum absolute atomic E-state index is 14.4. The molecule has 3 aromatic rings. The number of nitrogens with zero attached hydrogens (tertiary/aromatic N) is 2. The molecule has 4 rings (SSSR count). The third-order valence-electron chi connectivity index (χ3n) is 6.13. The number of fused-ring (bicyclic) bond motifs is 1. The first-order valence-electron chi connectivity index (χ1n) is 11.7. The monoisotopic (exact) mass is 530 g/mol. The highest BCUT2D eigenvalue weighted by molar-refractivity contribution is 7.10. The Bertz CT molecular complexity index is 1190. The van der Waals surface area contributed by atoms with Crippen molar-refractivity contribution in [3.63, 3.8) is 0 Å². The van der Waals surface area contributed by atoms with Crippen molar-refractivity contribution in [3.8, 4) is 5.75 Å². The van der Waals surface area contributed by atoms with Crippen LogP contribution in [0.4, 0.5) is 4.39 Å². The molecule has 1 aromatic heterocycles. The summed E-state index contributed by atoms with van der Waals surface area (Å²) in [6.07, 6.45) is 1.27. The van der Waals surface area contributed by atoms with Crippen LogP contribution in [0.3, 0.4) is 0 Å². The number of methoxy groups -OCH3 is 1. The van der Waals surface area contributed by atoms with Gasteiger partial charge in [0.2, 0.25) is 5.91 Å². The molecule has 0 radical (unpaired) electrons. The van der Waals surface area contributed by atoms with Crippen molar-refractivity contribution in [2.45, 2.75) is 18.9 Å². The van der Waals surface area contributed by atoms with Crippen molar-refractivity contribution >= 4 is 34.8 Å². The van der Waals surface area contributed by atoms with E-state index in [0.717, 1.165) is 12.0 Å². The largest absolute Gasteiger partial charge is 0.491 e. The summed E-state index contributed by atoms with van der Waals surface area (Å²) in [5.74, 6) is -0.676. The van der Waals surface area contributed by atoms with Crippen LogP contribution in [0.5, 0.6) is 5.75 Å². The Morgan fingerprint density at radius 3 is 2.69 bits per heavy atom. The van der Waals surface area contributed by atoms with E-state index < -0.39 is 11.7 Å². The maximum atomic E-state index is 14.4.